The van der Waals surface area contributed by atoms with E-state index >= 15 is 0 Å². The Morgan fingerprint density at radius 2 is 2.14 bits per heavy atom. The second-order valence-corrected chi connectivity index (χ2v) is 7.97. The van der Waals surface area contributed by atoms with E-state index in [1.807, 2.05) is 0 Å². The van der Waals surface area contributed by atoms with Gasteiger partial charge in [-0.25, -0.2) is 4.79 Å². The zero-order valence-electron chi connectivity index (χ0n) is 16.2. The van der Waals surface area contributed by atoms with Crippen LogP contribution in [0.1, 0.15) is 60.8 Å². The first-order chi connectivity index (χ1) is 14.0. The molecule has 2 aromatic heterocycles. The van der Waals surface area contributed by atoms with Crippen LogP contribution in [0, 0.1) is 0 Å². The molecule has 8 nitrogen and oxygen atoms in total. The van der Waals surface area contributed by atoms with Gasteiger partial charge < -0.3 is 23.8 Å². The first-order valence-corrected chi connectivity index (χ1v) is 10.7. The van der Waals surface area contributed by atoms with E-state index in [1.54, 1.807) is 18.2 Å². The van der Waals surface area contributed by atoms with Crippen molar-refractivity contribution in [3.05, 3.63) is 41.5 Å². The van der Waals surface area contributed by atoms with Crippen molar-refractivity contribution in [1.82, 2.24) is 0 Å². The third kappa shape index (κ3) is 5.43. The molecule has 0 aliphatic carbocycles. The Balaban J connectivity index is 1.56. The molecule has 0 bridgehead atoms. The summed E-state index contributed by atoms with van der Waals surface area (Å²) in [6, 6.07) is 6.32. The Kier molecular flexibility index (Phi) is 7.40. The lowest BCUT2D eigenvalue weighted by Gasteiger charge is -2.21. The zero-order chi connectivity index (χ0) is 20.8. The van der Waals surface area contributed by atoms with E-state index in [1.165, 1.54) is 22.7 Å². The molecular weight excluding hydrogens is 398 g/mol. The fourth-order valence-corrected chi connectivity index (χ4v) is 4.11. The molecule has 1 amide bonds. The van der Waals surface area contributed by atoms with Crippen LogP contribution < -0.4 is 4.90 Å². The van der Waals surface area contributed by atoms with E-state index in [4.69, 9.17) is 18.7 Å². The predicted octanol–water partition coefficient (Wildman–Crippen LogP) is 3.81. The number of furan rings is 2. The zero-order valence-corrected chi connectivity index (χ0v) is 17.0. The topological polar surface area (TPSA) is 113 Å². The number of carboxylic acids is 1. The van der Waals surface area contributed by atoms with E-state index in [-0.39, 0.29) is 30.3 Å². The lowest BCUT2D eigenvalue weighted by atomic mass is 10.1. The van der Waals surface area contributed by atoms with E-state index in [2.05, 4.69) is 6.92 Å². The summed E-state index contributed by atoms with van der Waals surface area (Å²) in [6.45, 7) is 2.44. The predicted molar refractivity (Wildman–Crippen MR) is 107 cm³/mol. The molecule has 1 fully saturated rings. The van der Waals surface area contributed by atoms with Crippen LogP contribution in [0.2, 0.25) is 0 Å². The third-order valence-electron chi connectivity index (χ3n) is 4.59. The molecule has 29 heavy (non-hydrogen) atoms. The van der Waals surface area contributed by atoms with Crippen LogP contribution >= 0.6 is 11.8 Å². The van der Waals surface area contributed by atoms with Gasteiger partial charge in [0.05, 0.1) is 12.4 Å². The minimum atomic E-state index is -1.13. The summed E-state index contributed by atoms with van der Waals surface area (Å²) < 4.78 is 16.5. The van der Waals surface area contributed by atoms with Crippen molar-refractivity contribution in [1.29, 1.82) is 0 Å². The second-order valence-electron chi connectivity index (χ2n) is 6.80. The molecule has 9 heteroatoms. The van der Waals surface area contributed by atoms with Crippen LogP contribution in [-0.2, 0) is 16.1 Å². The number of aliphatic hydroxyl groups is 1. The second kappa shape index (κ2) is 10.00. The van der Waals surface area contributed by atoms with Gasteiger partial charge in [0, 0.05) is 6.07 Å². The maximum absolute atomic E-state index is 12.3. The summed E-state index contributed by atoms with van der Waals surface area (Å²) in [5.74, 6) is 0.199. The summed E-state index contributed by atoms with van der Waals surface area (Å²) in [5, 5.41) is 18.9. The maximum atomic E-state index is 12.3. The summed E-state index contributed by atoms with van der Waals surface area (Å²) in [6.07, 6.45) is 2.98. The normalized spacial score (nSPS) is 17.8. The van der Waals surface area contributed by atoms with Gasteiger partial charge in [-0.2, -0.15) is 0 Å². The Hall–Kier alpha value is -2.23. The smallest absolute Gasteiger partial charge is 0.371 e. The highest BCUT2D eigenvalue weighted by molar-refractivity contribution is 8.01. The Bertz CT molecular complexity index is 830. The quantitative estimate of drug-likeness (QED) is 0.525. The van der Waals surface area contributed by atoms with Gasteiger partial charge >= 0.3 is 5.97 Å². The molecule has 158 valence electrons. The van der Waals surface area contributed by atoms with Crippen molar-refractivity contribution >= 4 is 29.5 Å². The van der Waals surface area contributed by atoms with Crippen molar-refractivity contribution in [2.75, 3.05) is 17.3 Å². The summed E-state index contributed by atoms with van der Waals surface area (Å²) in [4.78, 5) is 24.7. The first kappa shape index (κ1) is 21.5. The van der Waals surface area contributed by atoms with Crippen LogP contribution in [0.4, 0.5) is 5.88 Å². The van der Waals surface area contributed by atoms with Crippen molar-refractivity contribution in [2.45, 2.75) is 50.7 Å². The van der Waals surface area contributed by atoms with Gasteiger partial charge in [0.15, 0.2) is 0 Å². The van der Waals surface area contributed by atoms with Gasteiger partial charge in [0.1, 0.15) is 29.6 Å². The molecule has 2 aromatic rings. The lowest BCUT2D eigenvalue weighted by molar-refractivity contribution is -0.116. The lowest BCUT2D eigenvalue weighted by Crippen LogP contribution is -2.35. The summed E-state index contributed by atoms with van der Waals surface area (Å²) >= 11 is 1.44. The number of aliphatic hydroxyl groups excluding tert-OH is 1. The number of unbranched alkanes of at least 4 members (excludes halogenated alkanes) is 2. The minimum Gasteiger partial charge on any atom is -0.475 e. The Morgan fingerprint density at radius 3 is 2.86 bits per heavy atom. The average molecular weight is 423 g/mol. The molecule has 0 aromatic carbocycles. The van der Waals surface area contributed by atoms with Crippen molar-refractivity contribution in [3.63, 3.8) is 0 Å². The monoisotopic (exact) mass is 423 g/mol. The van der Waals surface area contributed by atoms with Gasteiger partial charge in [0.25, 0.3) is 0 Å². The van der Waals surface area contributed by atoms with Crippen LogP contribution in [-0.4, -0.2) is 39.8 Å². The van der Waals surface area contributed by atoms with Gasteiger partial charge in [-0.1, -0.05) is 26.2 Å². The molecule has 0 saturated carbocycles. The third-order valence-corrected chi connectivity index (χ3v) is 5.74. The van der Waals surface area contributed by atoms with E-state index in [0.29, 0.717) is 29.6 Å². The number of aromatic carboxylic acids is 1. The van der Waals surface area contributed by atoms with Crippen LogP contribution in [0.15, 0.2) is 33.1 Å². The van der Waals surface area contributed by atoms with Crippen LogP contribution in [0.3, 0.4) is 0 Å². The number of carboxylic acid groups (broad SMARTS) is 1. The summed E-state index contributed by atoms with van der Waals surface area (Å²) in [5.41, 5.74) is 0. The fourth-order valence-electron chi connectivity index (χ4n) is 3.07. The number of hydrogen-bond acceptors (Lipinski definition) is 7. The van der Waals surface area contributed by atoms with Crippen LogP contribution in [0.5, 0.6) is 0 Å². The molecule has 1 aliphatic rings. The van der Waals surface area contributed by atoms with E-state index in [9.17, 15) is 14.7 Å². The van der Waals surface area contributed by atoms with Crippen molar-refractivity contribution < 1.29 is 33.4 Å². The van der Waals surface area contributed by atoms with Crippen molar-refractivity contribution in [2.24, 2.45) is 0 Å². The number of nitrogens with zero attached hydrogens (tertiary/aromatic N) is 1. The molecule has 2 unspecified atom stereocenters. The highest BCUT2D eigenvalue weighted by atomic mass is 32.2. The molecule has 2 atom stereocenters. The molecule has 3 heterocycles. The molecule has 0 spiro atoms. The number of ether oxygens (including phenoxy) is 1. The number of rotatable bonds is 11. The van der Waals surface area contributed by atoms with Gasteiger partial charge in [-0.05, 0) is 24.6 Å². The molecule has 2 N–H and O–H groups in total. The van der Waals surface area contributed by atoms with Crippen molar-refractivity contribution in [3.8, 4) is 0 Å². The fraction of sp³-hybridized carbons (Fsp3) is 0.500. The van der Waals surface area contributed by atoms with Gasteiger partial charge in [-0.15, -0.1) is 11.8 Å². The van der Waals surface area contributed by atoms with Gasteiger partial charge in [0.2, 0.25) is 17.6 Å². The average Bonchev–Trinajstić information content (AvgIpc) is 3.42. The molecule has 3 rings (SSSR count). The number of carbonyl (C=O) groups excluding carboxylic acids is 1. The number of carbonyl (C=O) groups is 2. The van der Waals surface area contributed by atoms with E-state index in [0.717, 1.165) is 19.3 Å². The van der Waals surface area contributed by atoms with E-state index < -0.39 is 12.1 Å². The Labute approximate surface area is 172 Å². The maximum Gasteiger partial charge on any atom is 0.371 e. The highest BCUT2D eigenvalue weighted by Gasteiger charge is 2.35. The number of hydrogen-bond donors (Lipinski definition) is 2. The molecule has 0 radical (unpaired) electrons. The standard InChI is InChI=1S/C20H25NO7S/c1-2-3-4-5-14(22)15-8-9-18(28-15)21-17(23)12-29-19(21)11-26-10-13-6-7-16(27-13)20(24)25/h6-9,14,19,22H,2-5,10-12H2,1H3,(H,24,25). The first-order valence-electron chi connectivity index (χ1n) is 9.60. The number of amides is 1. The largest absolute Gasteiger partial charge is 0.475 e. The SMILES string of the molecule is CCCCCC(O)c1ccc(N2C(=O)CSC2COCc2ccc(C(=O)O)o2)o1. The molecule has 1 aliphatic heterocycles. The van der Waals surface area contributed by atoms with Gasteiger partial charge in [-0.3, -0.25) is 9.69 Å². The molecule has 1 saturated heterocycles. The minimum absolute atomic E-state index is 0.0869. The number of thioether (sulfide) groups is 1. The Morgan fingerprint density at radius 1 is 1.31 bits per heavy atom. The number of anilines is 1. The van der Waals surface area contributed by atoms with Crippen LogP contribution in [0.25, 0.3) is 0 Å². The molecular formula is C20H25NO7S. The summed E-state index contributed by atoms with van der Waals surface area (Å²) in [7, 11) is 0. The highest BCUT2D eigenvalue weighted by Crippen LogP contribution is 2.34.